The lowest BCUT2D eigenvalue weighted by Gasteiger charge is -2.18. The molecule has 0 fully saturated rings. The van der Waals surface area contributed by atoms with Gasteiger partial charge in [0.2, 0.25) is 0 Å². The van der Waals surface area contributed by atoms with Crippen LogP contribution in [0.1, 0.15) is 213 Å². The van der Waals surface area contributed by atoms with E-state index in [-0.39, 0.29) is 31.1 Å². The quantitative estimate of drug-likeness (QED) is 0.0199. The van der Waals surface area contributed by atoms with Crippen molar-refractivity contribution in [3.05, 3.63) is 122 Å². The van der Waals surface area contributed by atoms with Crippen LogP contribution in [-0.2, 0) is 28.6 Å². The molecule has 65 heavy (non-hydrogen) atoms. The SMILES string of the molecule is CC\C=C/C=C\C=C/C=C\C=C\C=C/CCCCCC(=O)OCC(COC(=O)CCCCCC/C=C\C/C=C\C/C=C\CC)OC(=O)CCCCCCC/C=C\CCCCCCCCC. The highest BCUT2D eigenvalue weighted by molar-refractivity contribution is 5.71. The lowest BCUT2D eigenvalue weighted by molar-refractivity contribution is -0.167. The molecule has 0 N–H and O–H groups in total. The van der Waals surface area contributed by atoms with Crippen molar-refractivity contribution in [3.8, 4) is 0 Å². The molecule has 0 aromatic carbocycles. The van der Waals surface area contributed by atoms with E-state index in [2.05, 4.69) is 81.5 Å². The summed E-state index contributed by atoms with van der Waals surface area (Å²) in [5.41, 5.74) is 0. The third-order valence-electron chi connectivity index (χ3n) is 10.6. The van der Waals surface area contributed by atoms with E-state index in [9.17, 15) is 14.4 Å². The van der Waals surface area contributed by atoms with E-state index in [1.54, 1.807) is 0 Å². The van der Waals surface area contributed by atoms with Gasteiger partial charge in [0.05, 0.1) is 0 Å². The molecule has 366 valence electrons. The summed E-state index contributed by atoms with van der Waals surface area (Å²) < 4.78 is 16.7. The molecule has 1 atom stereocenters. The Morgan fingerprint density at radius 3 is 1.15 bits per heavy atom. The van der Waals surface area contributed by atoms with E-state index in [4.69, 9.17) is 14.2 Å². The largest absolute Gasteiger partial charge is 0.462 e. The van der Waals surface area contributed by atoms with Crippen LogP contribution in [0.2, 0.25) is 0 Å². The van der Waals surface area contributed by atoms with Gasteiger partial charge in [-0.15, -0.1) is 0 Å². The van der Waals surface area contributed by atoms with Crippen molar-refractivity contribution in [2.75, 3.05) is 13.2 Å². The average Bonchev–Trinajstić information content (AvgIpc) is 3.30. The molecule has 0 aliphatic heterocycles. The van der Waals surface area contributed by atoms with Gasteiger partial charge in [0.25, 0.3) is 0 Å². The van der Waals surface area contributed by atoms with Gasteiger partial charge >= 0.3 is 17.9 Å². The van der Waals surface area contributed by atoms with Crippen LogP contribution < -0.4 is 0 Å². The van der Waals surface area contributed by atoms with Crippen LogP contribution in [0.3, 0.4) is 0 Å². The molecular weight excluding hydrogens is 805 g/mol. The van der Waals surface area contributed by atoms with E-state index in [0.717, 1.165) is 116 Å². The van der Waals surface area contributed by atoms with Crippen molar-refractivity contribution in [1.82, 2.24) is 0 Å². The first-order valence-corrected chi connectivity index (χ1v) is 26.1. The number of allylic oxidation sites excluding steroid dienone is 20. The Bertz CT molecular complexity index is 1400. The molecule has 0 rings (SSSR count). The molecule has 0 spiro atoms. The minimum absolute atomic E-state index is 0.111. The van der Waals surface area contributed by atoms with Gasteiger partial charge in [-0.2, -0.15) is 0 Å². The van der Waals surface area contributed by atoms with Crippen LogP contribution >= 0.6 is 0 Å². The van der Waals surface area contributed by atoms with Crippen molar-refractivity contribution < 1.29 is 28.6 Å². The molecule has 6 heteroatoms. The number of esters is 3. The molecule has 6 nitrogen and oxygen atoms in total. The second-order valence-electron chi connectivity index (χ2n) is 16.8. The van der Waals surface area contributed by atoms with Crippen molar-refractivity contribution in [3.63, 3.8) is 0 Å². The zero-order valence-corrected chi connectivity index (χ0v) is 41.7. The van der Waals surface area contributed by atoms with Gasteiger partial charge in [-0.05, 0) is 96.3 Å². The number of carbonyl (C=O) groups excluding carboxylic acids is 3. The normalized spacial score (nSPS) is 13.1. The van der Waals surface area contributed by atoms with Crippen molar-refractivity contribution >= 4 is 17.9 Å². The van der Waals surface area contributed by atoms with E-state index in [0.29, 0.717) is 19.3 Å². The van der Waals surface area contributed by atoms with Crippen LogP contribution in [0, 0.1) is 0 Å². The summed E-state index contributed by atoms with van der Waals surface area (Å²) in [6.07, 6.45) is 71.8. The standard InChI is InChI=1S/C59H94O6/c1-4-7-10-13-16-19-22-25-28-30-32-34-37-40-43-46-49-52-58(61)64-55-56(54-63-57(60)51-48-45-42-39-36-33-27-24-21-18-15-12-9-6-3)65-59(62)53-50-47-44-41-38-35-31-29-26-23-20-17-14-11-8-5-2/h7,9-10,12-13,16,18-19,21-22,25,27-34,37,56H,4-6,8,11,14-15,17,20,23-24,26,35-36,38-55H2,1-3H3/b10-7-,12-9-,16-13-,21-18-,22-19-,28-25-,31-29-,32-30+,33-27-,37-34-. The molecule has 0 radical (unpaired) electrons. The van der Waals surface area contributed by atoms with E-state index < -0.39 is 6.10 Å². The zero-order chi connectivity index (χ0) is 47.2. The molecule has 0 saturated heterocycles. The highest BCUT2D eigenvalue weighted by atomic mass is 16.6. The Morgan fingerprint density at radius 2 is 0.677 bits per heavy atom. The molecule has 0 bridgehead atoms. The summed E-state index contributed by atoms with van der Waals surface area (Å²) in [6.45, 7) is 6.30. The molecule has 0 aromatic heterocycles. The topological polar surface area (TPSA) is 78.9 Å². The number of hydrogen-bond acceptors (Lipinski definition) is 6. The third kappa shape index (κ3) is 50.7. The zero-order valence-electron chi connectivity index (χ0n) is 41.7. The first kappa shape index (κ1) is 60.8. The van der Waals surface area contributed by atoms with Crippen LogP contribution in [-0.4, -0.2) is 37.2 Å². The molecule has 0 amide bonds. The lowest BCUT2D eigenvalue weighted by Crippen LogP contribution is -2.30. The van der Waals surface area contributed by atoms with E-state index in [1.165, 1.54) is 57.8 Å². The highest BCUT2D eigenvalue weighted by Crippen LogP contribution is 2.13. The summed E-state index contributed by atoms with van der Waals surface area (Å²) in [4.78, 5) is 38.0. The fraction of sp³-hybridized carbons (Fsp3) is 0.610. The van der Waals surface area contributed by atoms with Gasteiger partial charge in [-0.1, -0.05) is 219 Å². The van der Waals surface area contributed by atoms with Crippen LogP contribution in [0.25, 0.3) is 0 Å². The smallest absolute Gasteiger partial charge is 0.306 e. The molecule has 0 aliphatic carbocycles. The third-order valence-corrected chi connectivity index (χ3v) is 10.6. The minimum atomic E-state index is -0.813. The fourth-order valence-corrected chi connectivity index (χ4v) is 6.72. The van der Waals surface area contributed by atoms with Crippen molar-refractivity contribution in [2.24, 2.45) is 0 Å². The fourth-order valence-electron chi connectivity index (χ4n) is 6.72. The number of rotatable bonds is 45. The van der Waals surface area contributed by atoms with Gasteiger partial charge in [0.1, 0.15) is 13.2 Å². The van der Waals surface area contributed by atoms with E-state index in [1.807, 2.05) is 60.8 Å². The maximum atomic E-state index is 12.8. The Balaban J connectivity index is 4.55. The first-order valence-electron chi connectivity index (χ1n) is 26.1. The number of carbonyl (C=O) groups is 3. The molecule has 0 aliphatic rings. The molecular formula is C59H94O6. The summed E-state index contributed by atoms with van der Waals surface area (Å²) in [6, 6.07) is 0. The summed E-state index contributed by atoms with van der Waals surface area (Å²) in [7, 11) is 0. The average molecular weight is 899 g/mol. The predicted octanol–water partition coefficient (Wildman–Crippen LogP) is 17.3. The summed E-state index contributed by atoms with van der Waals surface area (Å²) in [5, 5.41) is 0. The lowest BCUT2D eigenvalue weighted by atomic mass is 10.1. The van der Waals surface area contributed by atoms with Crippen molar-refractivity contribution in [1.29, 1.82) is 0 Å². The van der Waals surface area contributed by atoms with Crippen molar-refractivity contribution in [2.45, 2.75) is 219 Å². The van der Waals surface area contributed by atoms with Crippen LogP contribution in [0.5, 0.6) is 0 Å². The summed E-state index contributed by atoms with van der Waals surface area (Å²) >= 11 is 0. The predicted molar refractivity (Wildman–Crippen MR) is 279 cm³/mol. The van der Waals surface area contributed by atoms with Gasteiger partial charge < -0.3 is 14.2 Å². The second-order valence-corrected chi connectivity index (χ2v) is 16.8. The van der Waals surface area contributed by atoms with E-state index >= 15 is 0 Å². The van der Waals surface area contributed by atoms with Gasteiger partial charge in [-0.3, -0.25) is 14.4 Å². The monoisotopic (exact) mass is 899 g/mol. The summed E-state index contributed by atoms with van der Waals surface area (Å²) in [5.74, 6) is -0.991. The van der Waals surface area contributed by atoms with Crippen LogP contribution in [0.4, 0.5) is 0 Å². The number of ether oxygens (including phenoxy) is 3. The van der Waals surface area contributed by atoms with Gasteiger partial charge in [0, 0.05) is 19.3 Å². The Kier molecular flexibility index (Phi) is 49.1. The van der Waals surface area contributed by atoms with Gasteiger partial charge in [0.15, 0.2) is 6.10 Å². The number of hydrogen-bond donors (Lipinski definition) is 0. The molecule has 1 unspecified atom stereocenters. The maximum Gasteiger partial charge on any atom is 0.306 e. The molecule has 0 aromatic rings. The highest BCUT2D eigenvalue weighted by Gasteiger charge is 2.19. The van der Waals surface area contributed by atoms with Crippen LogP contribution in [0.15, 0.2) is 122 Å². The van der Waals surface area contributed by atoms with Gasteiger partial charge in [-0.25, -0.2) is 0 Å². The second kappa shape index (κ2) is 52.4. The molecule has 0 heterocycles. The Morgan fingerprint density at radius 1 is 0.338 bits per heavy atom. The Labute approximate surface area is 399 Å². The Hall–Kier alpha value is -4.19. The molecule has 0 saturated carbocycles. The minimum Gasteiger partial charge on any atom is -0.462 e. The number of unbranched alkanes of at least 4 members (excludes halogenated alkanes) is 19. The maximum absolute atomic E-state index is 12.8. The first-order chi connectivity index (χ1) is 32.0.